The van der Waals surface area contributed by atoms with E-state index in [1.54, 1.807) is 29.2 Å². The van der Waals surface area contributed by atoms with Crippen molar-refractivity contribution >= 4 is 5.91 Å². The van der Waals surface area contributed by atoms with Crippen LogP contribution in [0.3, 0.4) is 0 Å². The molecule has 1 saturated heterocycles. The van der Waals surface area contributed by atoms with Gasteiger partial charge in [-0.05, 0) is 12.5 Å². The Kier molecular flexibility index (Phi) is 4.32. The molecular formula is C15H18FNO2. The van der Waals surface area contributed by atoms with Gasteiger partial charge >= 0.3 is 0 Å². The lowest BCUT2D eigenvalue weighted by atomic mass is 10.0. The first kappa shape index (κ1) is 13.7. The largest absolute Gasteiger partial charge is 0.396 e. The summed E-state index contributed by atoms with van der Waals surface area (Å²) in [5, 5.41) is 9.18. The van der Waals surface area contributed by atoms with E-state index in [1.807, 2.05) is 0 Å². The number of benzene rings is 1. The normalized spacial score (nSPS) is 20.6. The van der Waals surface area contributed by atoms with Crippen molar-refractivity contribution in [3.05, 3.63) is 48.3 Å². The minimum atomic E-state index is -0.399. The number of halogens is 1. The second kappa shape index (κ2) is 5.97. The van der Waals surface area contributed by atoms with Crippen molar-refractivity contribution < 1.29 is 14.3 Å². The van der Waals surface area contributed by atoms with Crippen molar-refractivity contribution in [1.29, 1.82) is 0 Å². The molecule has 1 amide bonds. The van der Waals surface area contributed by atoms with Crippen molar-refractivity contribution in [3.8, 4) is 0 Å². The summed E-state index contributed by atoms with van der Waals surface area (Å²) >= 11 is 0. The molecule has 1 aromatic rings. The van der Waals surface area contributed by atoms with Crippen LogP contribution in [0.25, 0.3) is 0 Å². The topological polar surface area (TPSA) is 40.5 Å². The van der Waals surface area contributed by atoms with Crippen LogP contribution in [-0.4, -0.2) is 29.1 Å². The van der Waals surface area contributed by atoms with Crippen molar-refractivity contribution in [2.24, 2.45) is 5.92 Å². The molecule has 1 heterocycles. The number of hydrogen-bond acceptors (Lipinski definition) is 2. The molecule has 0 bridgehead atoms. The van der Waals surface area contributed by atoms with Gasteiger partial charge in [0, 0.05) is 31.1 Å². The van der Waals surface area contributed by atoms with E-state index in [-0.39, 0.29) is 24.2 Å². The molecule has 1 N–H and O–H groups in total. The molecule has 1 aliphatic heterocycles. The van der Waals surface area contributed by atoms with E-state index in [1.165, 1.54) is 6.07 Å². The van der Waals surface area contributed by atoms with Crippen LogP contribution in [0.2, 0.25) is 0 Å². The number of aliphatic hydroxyl groups excluding tert-OH is 1. The lowest BCUT2D eigenvalue weighted by Gasteiger charge is -2.28. The molecule has 1 aliphatic rings. The number of carbonyl (C=O) groups is 1. The zero-order chi connectivity index (χ0) is 13.8. The summed E-state index contributed by atoms with van der Waals surface area (Å²) in [5.41, 5.74) is 0.467. The molecule has 0 saturated carbocycles. The Bertz CT molecular complexity index is 475. The van der Waals surface area contributed by atoms with Gasteiger partial charge in [0.2, 0.25) is 5.91 Å². The Morgan fingerprint density at radius 3 is 2.84 bits per heavy atom. The molecule has 0 spiro atoms. The highest BCUT2D eigenvalue weighted by atomic mass is 19.1. The van der Waals surface area contributed by atoms with Gasteiger partial charge in [0.25, 0.3) is 0 Å². The average molecular weight is 263 g/mol. The first-order chi connectivity index (χ1) is 9.17. The Morgan fingerprint density at radius 1 is 1.53 bits per heavy atom. The fourth-order valence-electron chi connectivity index (χ4n) is 2.57. The standard InChI is InChI=1S/C15H18FNO2/c1-2-11-9-15(19)17(10-11)14(7-8-18)12-5-3-4-6-13(12)16/h2-6,11,14,18H,1,7-10H2. The van der Waals surface area contributed by atoms with Crippen LogP contribution in [0.4, 0.5) is 4.39 Å². The molecule has 102 valence electrons. The number of likely N-dealkylation sites (tertiary alicyclic amines) is 1. The number of carbonyl (C=O) groups excluding carboxylic acids is 1. The monoisotopic (exact) mass is 263 g/mol. The Hall–Kier alpha value is -1.68. The summed E-state index contributed by atoms with van der Waals surface area (Å²) in [6.07, 6.45) is 2.52. The van der Waals surface area contributed by atoms with Crippen molar-refractivity contribution in [2.45, 2.75) is 18.9 Å². The SMILES string of the molecule is C=CC1CC(=O)N(C(CCO)c2ccccc2F)C1. The van der Waals surface area contributed by atoms with E-state index in [0.29, 0.717) is 24.9 Å². The molecule has 1 aromatic carbocycles. The summed E-state index contributed by atoms with van der Waals surface area (Å²) in [7, 11) is 0. The summed E-state index contributed by atoms with van der Waals surface area (Å²) in [5.74, 6) is -0.233. The van der Waals surface area contributed by atoms with Crippen LogP contribution in [0, 0.1) is 11.7 Å². The Labute approximate surface area is 112 Å². The maximum Gasteiger partial charge on any atom is 0.223 e. The fourth-order valence-corrected chi connectivity index (χ4v) is 2.57. The zero-order valence-electron chi connectivity index (χ0n) is 10.8. The second-order valence-corrected chi connectivity index (χ2v) is 4.80. The van der Waals surface area contributed by atoms with E-state index >= 15 is 0 Å². The first-order valence-electron chi connectivity index (χ1n) is 6.44. The summed E-state index contributed by atoms with van der Waals surface area (Å²) < 4.78 is 13.9. The fraction of sp³-hybridized carbons (Fsp3) is 0.400. The Balaban J connectivity index is 2.28. The average Bonchev–Trinajstić information content (AvgIpc) is 2.78. The molecule has 1 fully saturated rings. The van der Waals surface area contributed by atoms with Gasteiger partial charge < -0.3 is 10.0 Å². The third kappa shape index (κ3) is 2.84. The van der Waals surface area contributed by atoms with Crippen molar-refractivity contribution in [2.75, 3.05) is 13.2 Å². The van der Waals surface area contributed by atoms with Gasteiger partial charge in [-0.2, -0.15) is 0 Å². The molecule has 0 aliphatic carbocycles. The van der Waals surface area contributed by atoms with Gasteiger partial charge in [0.05, 0.1) is 6.04 Å². The van der Waals surface area contributed by atoms with Gasteiger partial charge in [-0.15, -0.1) is 6.58 Å². The molecule has 2 unspecified atom stereocenters. The zero-order valence-corrected chi connectivity index (χ0v) is 10.8. The lowest BCUT2D eigenvalue weighted by Crippen LogP contribution is -2.31. The van der Waals surface area contributed by atoms with Crippen molar-refractivity contribution in [3.63, 3.8) is 0 Å². The van der Waals surface area contributed by atoms with E-state index < -0.39 is 6.04 Å². The highest BCUT2D eigenvalue weighted by Gasteiger charge is 2.34. The number of amides is 1. The molecule has 2 rings (SSSR count). The quantitative estimate of drug-likeness (QED) is 0.828. The highest BCUT2D eigenvalue weighted by Crippen LogP contribution is 2.32. The highest BCUT2D eigenvalue weighted by molar-refractivity contribution is 5.79. The second-order valence-electron chi connectivity index (χ2n) is 4.80. The van der Waals surface area contributed by atoms with Gasteiger partial charge in [0.15, 0.2) is 0 Å². The minimum absolute atomic E-state index is 0.00777. The van der Waals surface area contributed by atoms with E-state index in [0.717, 1.165) is 0 Å². The molecular weight excluding hydrogens is 245 g/mol. The maximum atomic E-state index is 13.9. The predicted molar refractivity (Wildman–Crippen MR) is 70.9 cm³/mol. The number of hydrogen-bond donors (Lipinski definition) is 1. The van der Waals surface area contributed by atoms with Gasteiger partial charge in [-0.1, -0.05) is 24.3 Å². The smallest absolute Gasteiger partial charge is 0.223 e. The third-order valence-electron chi connectivity index (χ3n) is 3.56. The molecule has 4 heteroatoms. The van der Waals surface area contributed by atoms with Crippen LogP contribution in [0.1, 0.15) is 24.4 Å². The molecule has 0 radical (unpaired) electrons. The van der Waals surface area contributed by atoms with E-state index in [9.17, 15) is 14.3 Å². The van der Waals surface area contributed by atoms with Crippen molar-refractivity contribution in [1.82, 2.24) is 4.90 Å². The molecule has 3 nitrogen and oxygen atoms in total. The number of rotatable bonds is 5. The summed E-state index contributed by atoms with van der Waals surface area (Å²) in [6, 6.07) is 6.01. The number of nitrogens with zero attached hydrogens (tertiary/aromatic N) is 1. The van der Waals surface area contributed by atoms with Crippen LogP contribution in [-0.2, 0) is 4.79 Å². The van der Waals surface area contributed by atoms with E-state index in [4.69, 9.17) is 0 Å². The van der Waals surface area contributed by atoms with Gasteiger partial charge in [-0.25, -0.2) is 4.39 Å². The van der Waals surface area contributed by atoms with Crippen LogP contribution in [0.5, 0.6) is 0 Å². The summed E-state index contributed by atoms with van der Waals surface area (Å²) in [4.78, 5) is 13.7. The maximum absolute atomic E-state index is 13.9. The predicted octanol–water partition coefficient (Wildman–Crippen LogP) is 2.28. The lowest BCUT2D eigenvalue weighted by molar-refractivity contribution is -0.130. The van der Waals surface area contributed by atoms with Crippen LogP contribution in [0.15, 0.2) is 36.9 Å². The molecule has 19 heavy (non-hydrogen) atoms. The third-order valence-corrected chi connectivity index (χ3v) is 3.56. The summed E-state index contributed by atoms with van der Waals surface area (Å²) in [6.45, 7) is 4.17. The Morgan fingerprint density at radius 2 is 2.26 bits per heavy atom. The van der Waals surface area contributed by atoms with Crippen LogP contribution >= 0.6 is 0 Å². The molecule has 2 atom stereocenters. The first-order valence-corrected chi connectivity index (χ1v) is 6.44. The van der Waals surface area contributed by atoms with Crippen LogP contribution < -0.4 is 0 Å². The number of aliphatic hydroxyl groups is 1. The van der Waals surface area contributed by atoms with Gasteiger partial charge in [0.1, 0.15) is 5.82 Å². The minimum Gasteiger partial charge on any atom is -0.396 e. The van der Waals surface area contributed by atoms with Gasteiger partial charge in [-0.3, -0.25) is 4.79 Å². The molecule has 0 aromatic heterocycles. The van der Waals surface area contributed by atoms with E-state index in [2.05, 4.69) is 6.58 Å².